The molecule has 0 fully saturated rings. The molecule has 0 aromatic heterocycles. The number of ether oxygens (including phenoxy) is 1. The number of hydrogen-bond donors (Lipinski definition) is 2. The molecule has 0 bridgehead atoms. The fraction of sp³-hybridized carbons (Fsp3) is 0.600. The first-order valence-corrected chi connectivity index (χ1v) is 6.80. The zero-order valence-electron chi connectivity index (χ0n) is 12.1. The Morgan fingerprint density at radius 2 is 2.11 bits per heavy atom. The molecule has 0 heterocycles. The van der Waals surface area contributed by atoms with Crippen LogP contribution in [0.4, 0.5) is 4.39 Å². The Morgan fingerprint density at radius 1 is 1.37 bits per heavy atom. The Kier molecular flexibility index (Phi) is 6.25. The molecule has 3 nitrogen and oxygen atoms in total. The van der Waals surface area contributed by atoms with Gasteiger partial charge in [-0.3, -0.25) is 0 Å². The molecule has 19 heavy (non-hydrogen) atoms. The quantitative estimate of drug-likeness (QED) is 0.711. The van der Waals surface area contributed by atoms with Crippen LogP contribution in [0.25, 0.3) is 0 Å². The Bertz CT molecular complexity index is 394. The summed E-state index contributed by atoms with van der Waals surface area (Å²) in [5.41, 5.74) is 6.73. The topological polar surface area (TPSA) is 47.3 Å². The maximum Gasteiger partial charge on any atom is 0.165 e. The Hall–Kier alpha value is -1.13. The summed E-state index contributed by atoms with van der Waals surface area (Å²) in [6.45, 7) is 8.90. The van der Waals surface area contributed by atoms with E-state index in [0.717, 1.165) is 25.1 Å². The second kappa shape index (κ2) is 7.46. The van der Waals surface area contributed by atoms with Crippen molar-refractivity contribution in [1.29, 1.82) is 0 Å². The third-order valence-electron chi connectivity index (χ3n) is 3.04. The van der Waals surface area contributed by atoms with Gasteiger partial charge in [-0.25, -0.2) is 4.39 Å². The monoisotopic (exact) mass is 268 g/mol. The van der Waals surface area contributed by atoms with Crippen molar-refractivity contribution in [1.82, 2.24) is 5.32 Å². The van der Waals surface area contributed by atoms with E-state index in [4.69, 9.17) is 10.5 Å². The minimum atomic E-state index is -0.290. The molecular formula is C15H25FN2O. The van der Waals surface area contributed by atoms with E-state index < -0.39 is 0 Å². The van der Waals surface area contributed by atoms with Crippen LogP contribution in [-0.2, 0) is 6.42 Å². The van der Waals surface area contributed by atoms with Crippen molar-refractivity contribution in [2.45, 2.75) is 27.2 Å². The Balaban J connectivity index is 2.40. The van der Waals surface area contributed by atoms with Gasteiger partial charge >= 0.3 is 0 Å². The van der Waals surface area contributed by atoms with E-state index in [-0.39, 0.29) is 11.2 Å². The molecule has 0 spiro atoms. The van der Waals surface area contributed by atoms with Crippen LogP contribution in [-0.4, -0.2) is 26.2 Å². The zero-order chi connectivity index (χ0) is 14.3. The maximum atomic E-state index is 13.6. The van der Waals surface area contributed by atoms with Crippen LogP contribution in [0.1, 0.15) is 26.3 Å². The third-order valence-corrected chi connectivity index (χ3v) is 3.04. The van der Waals surface area contributed by atoms with Crippen LogP contribution in [0.3, 0.4) is 0 Å². The molecule has 0 amide bonds. The predicted octanol–water partition coefficient (Wildman–Crippen LogP) is 2.34. The van der Waals surface area contributed by atoms with Gasteiger partial charge in [-0.05, 0) is 49.5 Å². The zero-order valence-corrected chi connectivity index (χ0v) is 12.1. The van der Waals surface area contributed by atoms with Gasteiger partial charge in [0.2, 0.25) is 0 Å². The molecule has 1 aromatic rings. The van der Waals surface area contributed by atoms with E-state index in [9.17, 15) is 4.39 Å². The highest BCUT2D eigenvalue weighted by atomic mass is 19.1. The fourth-order valence-corrected chi connectivity index (χ4v) is 1.70. The van der Waals surface area contributed by atoms with Gasteiger partial charge in [-0.2, -0.15) is 0 Å². The molecule has 1 aromatic carbocycles. The van der Waals surface area contributed by atoms with Crippen molar-refractivity contribution in [3.63, 3.8) is 0 Å². The molecule has 0 aliphatic rings. The van der Waals surface area contributed by atoms with Gasteiger partial charge in [0, 0.05) is 6.54 Å². The van der Waals surface area contributed by atoms with Crippen LogP contribution in [0.2, 0.25) is 0 Å². The molecule has 108 valence electrons. The SMILES string of the molecule is CCOc1ccc(CCNCC(C)(C)CN)cc1F. The summed E-state index contributed by atoms with van der Waals surface area (Å²) in [5.74, 6) is 0.0325. The first kappa shape index (κ1) is 15.9. The lowest BCUT2D eigenvalue weighted by molar-refractivity contribution is 0.321. The van der Waals surface area contributed by atoms with Crippen LogP contribution < -0.4 is 15.8 Å². The standard InChI is InChI=1S/C15H25FN2O/c1-4-19-14-6-5-12(9-13(14)16)7-8-18-11-15(2,3)10-17/h5-6,9,18H,4,7-8,10-11,17H2,1-3H3. The van der Waals surface area contributed by atoms with E-state index in [1.165, 1.54) is 0 Å². The highest BCUT2D eigenvalue weighted by molar-refractivity contribution is 5.29. The van der Waals surface area contributed by atoms with Gasteiger partial charge in [0.25, 0.3) is 0 Å². The van der Waals surface area contributed by atoms with E-state index in [1.807, 2.05) is 13.0 Å². The van der Waals surface area contributed by atoms with Gasteiger partial charge in [0.15, 0.2) is 11.6 Å². The number of hydrogen-bond acceptors (Lipinski definition) is 3. The summed E-state index contributed by atoms with van der Waals surface area (Å²) in [4.78, 5) is 0. The first-order valence-electron chi connectivity index (χ1n) is 6.80. The normalized spacial score (nSPS) is 11.6. The second-order valence-corrected chi connectivity index (χ2v) is 5.49. The summed E-state index contributed by atoms with van der Waals surface area (Å²) < 4.78 is 18.8. The number of halogens is 1. The summed E-state index contributed by atoms with van der Waals surface area (Å²) in [6.07, 6.45) is 0.796. The number of rotatable bonds is 8. The third kappa shape index (κ3) is 5.57. The molecule has 0 aliphatic heterocycles. The van der Waals surface area contributed by atoms with Crippen LogP contribution in [0.15, 0.2) is 18.2 Å². The lowest BCUT2D eigenvalue weighted by Crippen LogP contribution is -2.36. The number of nitrogens with two attached hydrogens (primary N) is 1. The van der Waals surface area contributed by atoms with Crippen LogP contribution in [0, 0.1) is 11.2 Å². The van der Waals surface area contributed by atoms with Crippen molar-refractivity contribution in [3.8, 4) is 5.75 Å². The fourth-order valence-electron chi connectivity index (χ4n) is 1.70. The molecule has 3 N–H and O–H groups in total. The number of nitrogens with one attached hydrogen (secondary N) is 1. The highest BCUT2D eigenvalue weighted by Gasteiger charge is 2.14. The molecule has 1 rings (SSSR count). The van der Waals surface area contributed by atoms with Gasteiger partial charge in [-0.1, -0.05) is 19.9 Å². The molecule has 4 heteroatoms. The second-order valence-electron chi connectivity index (χ2n) is 5.49. The minimum absolute atomic E-state index is 0.101. The Morgan fingerprint density at radius 3 is 2.68 bits per heavy atom. The van der Waals surface area contributed by atoms with Gasteiger partial charge in [0.1, 0.15) is 0 Å². The molecular weight excluding hydrogens is 243 g/mol. The summed E-state index contributed by atoms with van der Waals surface area (Å²) in [5, 5.41) is 3.35. The lowest BCUT2D eigenvalue weighted by atomic mass is 9.94. The molecule has 0 atom stereocenters. The largest absolute Gasteiger partial charge is 0.491 e. The van der Waals surface area contributed by atoms with Gasteiger partial charge in [0.05, 0.1) is 6.61 Å². The van der Waals surface area contributed by atoms with Gasteiger partial charge < -0.3 is 15.8 Å². The molecule has 0 saturated heterocycles. The van der Waals surface area contributed by atoms with Crippen LogP contribution >= 0.6 is 0 Å². The predicted molar refractivity (Wildman–Crippen MR) is 77.0 cm³/mol. The van der Waals surface area contributed by atoms with E-state index in [1.54, 1.807) is 12.1 Å². The molecule has 0 saturated carbocycles. The van der Waals surface area contributed by atoms with Crippen molar-refractivity contribution < 1.29 is 9.13 Å². The number of benzene rings is 1. The summed E-state index contributed by atoms with van der Waals surface area (Å²) in [6, 6.07) is 5.14. The lowest BCUT2D eigenvalue weighted by Gasteiger charge is -2.22. The van der Waals surface area contributed by atoms with Crippen molar-refractivity contribution in [2.75, 3.05) is 26.2 Å². The minimum Gasteiger partial charge on any atom is -0.491 e. The van der Waals surface area contributed by atoms with E-state index in [2.05, 4.69) is 19.2 Å². The molecule has 0 unspecified atom stereocenters. The maximum absolute atomic E-state index is 13.6. The average molecular weight is 268 g/mol. The van der Waals surface area contributed by atoms with Crippen LogP contribution in [0.5, 0.6) is 5.75 Å². The Labute approximate surface area is 115 Å². The van der Waals surface area contributed by atoms with Crippen molar-refractivity contribution >= 4 is 0 Å². The first-order chi connectivity index (χ1) is 8.98. The summed E-state index contributed by atoms with van der Waals surface area (Å²) in [7, 11) is 0. The highest BCUT2D eigenvalue weighted by Crippen LogP contribution is 2.18. The van der Waals surface area contributed by atoms with E-state index in [0.29, 0.717) is 18.9 Å². The van der Waals surface area contributed by atoms with Crippen molar-refractivity contribution in [2.24, 2.45) is 11.1 Å². The molecule has 0 radical (unpaired) electrons. The van der Waals surface area contributed by atoms with Crippen molar-refractivity contribution in [3.05, 3.63) is 29.6 Å². The van der Waals surface area contributed by atoms with Gasteiger partial charge in [-0.15, -0.1) is 0 Å². The average Bonchev–Trinajstić information content (AvgIpc) is 2.38. The van der Waals surface area contributed by atoms with E-state index >= 15 is 0 Å². The summed E-state index contributed by atoms with van der Waals surface area (Å²) >= 11 is 0. The smallest absolute Gasteiger partial charge is 0.165 e. The molecule has 0 aliphatic carbocycles.